The molecule has 2 fully saturated rings. The highest BCUT2D eigenvalue weighted by atomic mass is 32.1. The summed E-state index contributed by atoms with van der Waals surface area (Å²) in [6.45, 7) is 1.82. The van der Waals surface area contributed by atoms with E-state index in [0.717, 1.165) is 42.4 Å². The predicted octanol–water partition coefficient (Wildman–Crippen LogP) is 1.26. The Morgan fingerprint density at radius 2 is 2.17 bits per heavy atom. The van der Waals surface area contributed by atoms with Crippen molar-refractivity contribution >= 4 is 22.1 Å². The summed E-state index contributed by atoms with van der Waals surface area (Å²) in [7, 11) is 0. The Kier molecular flexibility index (Phi) is 2.36. The summed E-state index contributed by atoms with van der Waals surface area (Å²) >= 11 is 1.60. The molecule has 0 amide bonds. The fourth-order valence-electron chi connectivity index (χ4n) is 3.01. The fraction of sp³-hybridized carbons (Fsp3) is 0.583. The van der Waals surface area contributed by atoms with Gasteiger partial charge in [0, 0.05) is 24.7 Å². The second-order valence-corrected chi connectivity index (χ2v) is 5.83. The van der Waals surface area contributed by atoms with E-state index in [2.05, 4.69) is 9.88 Å². The van der Waals surface area contributed by atoms with E-state index < -0.39 is 0 Å². The van der Waals surface area contributed by atoms with Gasteiger partial charge < -0.3 is 14.7 Å². The lowest BCUT2D eigenvalue weighted by Crippen LogP contribution is -2.43. The van der Waals surface area contributed by atoms with E-state index in [9.17, 15) is 5.11 Å². The largest absolute Gasteiger partial charge is 0.390 e. The van der Waals surface area contributed by atoms with Crippen molar-refractivity contribution in [2.75, 3.05) is 18.0 Å². The maximum Gasteiger partial charge on any atom is 0.195 e. The molecule has 0 aromatic carbocycles. The minimum absolute atomic E-state index is 0.0277. The summed E-state index contributed by atoms with van der Waals surface area (Å²) in [6.07, 6.45) is 4.96. The SMILES string of the molecule is OCc1c(N2CC3CCC(C2)O3)nc2sccn12. The Hall–Kier alpha value is -1.11. The topological polar surface area (TPSA) is 50.0 Å². The van der Waals surface area contributed by atoms with Gasteiger partial charge in [-0.05, 0) is 12.8 Å². The van der Waals surface area contributed by atoms with Gasteiger partial charge in [0.2, 0.25) is 0 Å². The van der Waals surface area contributed by atoms with Gasteiger partial charge in [-0.25, -0.2) is 4.98 Å². The van der Waals surface area contributed by atoms with Gasteiger partial charge in [-0.1, -0.05) is 0 Å². The van der Waals surface area contributed by atoms with Crippen molar-refractivity contribution in [1.29, 1.82) is 0 Å². The number of aromatic nitrogens is 2. The van der Waals surface area contributed by atoms with Gasteiger partial charge in [-0.2, -0.15) is 0 Å². The summed E-state index contributed by atoms with van der Waals surface area (Å²) in [5, 5.41) is 11.6. The van der Waals surface area contributed by atoms with Crippen LogP contribution in [0.1, 0.15) is 18.5 Å². The molecular formula is C12H15N3O2S. The van der Waals surface area contributed by atoms with Gasteiger partial charge in [0.1, 0.15) is 0 Å². The number of rotatable bonds is 2. The van der Waals surface area contributed by atoms with E-state index in [1.165, 1.54) is 0 Å². The number of fused-ring (bicyclic) bond motifs is 3. The maximum atomic E-state index is 9.59. The second-order valence-electron chi connectivity index (χ2n) is 4.96. The molecule has 0 spiro atoms. The molecule has 0 saturated carbocycles. The van der Waals surface area contributed by atoms with E-state index in [4.69, 9.17) is 4.74 Å². The number of aliphatic hydroxyl groups excluding tert-OH is 1. The standard InChI is InChI=1S/C12H15N3O2S/c16-7-10-11(13-12-15(10)3-4-18-12)14-5-8-1-2-9(6-14)17-8/h3-4,8-9,16H,1-2,5-7H2. The Morgan fingerprint density at radius 1 is 1.39 bits per heavy atom. The molecule has 1 N–H and O–H groups in total. The number of aliphatic hydroxyl groups is 1. The van der Waals surface area contributed by atoms with Crippen LogP contribution in [-0.2, 0) is 11.3 Å². The van der Waals surface area contributed by atoms with Crippen LogP contribution in [0.25, 0.3) is 4.96 Å². The molecule has 2 aliphatic heterocycles. The Balaban J connectivity index is 1.75. The molecule has 2 aromatic heterocycles. The molecule has 2 aromatic rings. The summed E-state index contributed by atoms with van der Waals surface area (Å²) < 4.78 is 7.83. The summed E-state index contributed by atoms with van der Waals surface area (Å²) in [6, 6.07) is 0. The number of nitrogens with zero attached hydrogens (tertiary/aromatic N) is 3. The minimum Gasteiger partial charge on any atom is -0.390 e. The number of ether oxygens (including phenoxy) is 1. The van der Waals surface area contributed by atoms with Gasteiger partial charge in [0.25, 0.3) is 0 Å². The molecule has 4 heterocycles. The summed E-state index contributed by atoms with van der Waals surface area (Å²) in [4.78, 5) is 7.88. The molecule has 2 saturated heterocycles. The molecule has 6 heteroatoms. The van der Waals surface area contributed by atoms with Crippen molar-refractivity contribution in [2.24, 2.45) is 0 Å². The molecule has 2 unspecified atom stereocenters. The number of anilines is 1. The van der Waals surface area contributed by atoms with Crippen LogP contribution in [0.15, 0.2) is 11.6 Å². The monoisotopic (exact) mass is 265 g/mol. The zero-order chi connectivity index (χ0) is 12.1. The van der Waals surface area contributed by atoms with Crippen LogP contribution in [0.4, 0.5) is 5.82 Å². The van der Waals surface area contributed by atoms with Crippen molar-refractivity contribution < 1.29 is 9.84 Å². The molecule has 0 radical (unpaired) electrons. The van der Waals surface area contributed by atoms with E-state index in [-0.39, 0.29) is 6.61 Å². The number of thiazole rings is 1. The zero-order valence-corrected chi connectivity index (χ0v) is 10.8. The number of morpholine rings is 1. The van der Waals surface area contributed by atoms with Crippen molar-refractivity contribution in [2.45, 2.75) is 31.7 Å². The van der Waals surface area contributed by atoms with Crippen LogP contribution in [-0.4, -0.2) is 39.8 Å². The number of hydrogen-bond donors (Lipinski definition) is 1. The second kappa shape index (κ2) is 3.94. The van der Waals surface area contributed by atoms with Crippen LogP contribution in [0, 0.1) is 0 Å². The zero-order valence-electron chi connectivity index (χ0n) is 9.95. The average Bonchev–Trinajstić information content (AvgIpc) is 3.03. The molecule has 2 aliphatic rings. The molecule has 4 rings (SSSR count). The predicted molar refractivity (Wildman–Crippen MR) is 69.1 cm³/mol. The highest BCUT2D eigenvalue weighted by molar-refractivity contribution is 7.15. The van der Waals surface area contributed by atoms with Gasteiger partial charge in [-0.15, -0.1) is 11.3 Å². The van der Waals surface area contributed by atoms with Crippen molar-refractivity contribution in [3.63, 3.8) is 0 Å². The Bertz CT molecular complexity index is 567. The molecule has 2 bridgehead atoms. The molecule has 0 aliphatic carbocycles. The van der Waals surface area contributed by atoms with Crippen LogP contribution in [0.5, 0.6) is 0 Å². The quantitative estimate of drug-likeness (QED) is 0.888. The van der Waals surface area contributed by atoms with Gasteiger partial charge in [-0.3, -0.25) is 4.40 Å². The first-order valence-corrected chi connectivity index (χ1v) is 7.19. The van der Waals surface area contributed by atoms with Crippen LogP contribution < -0.4 is 4.90 Å². The first-order chi connectivity index (χ1) is 8.85. The molecule has 5 nitrogen and oxygen atoms in total. The third kappa shape index (κ3) is 1.49. The highest BCUT2D eigenvalue weighted by Gasteiger charge is 2.35. The van der Waals surface area contributed by atoms with Crippen LogP contribution >= 0.6 is 11.3 Å². The molecular weight excluding hydrogens is 250 g/mol. The summed E-state index contributed by atoms with van der Waals surface area (Å²) in [5.41, 5.74) is 0.896. The smallest absolute Gasteiger partial charge is 0.195 e. The van der Waals surface area contributed by atoms with Crippen molar-refractivity contribution in [3.05, 3.63) is 17.3 Å². The van der Waals surface area contributed by atoms with E-state index in [1.807, 2.05) is 16.0 Å². The van der Waals surface area contributed by atoms with E-state index >= 15 is 0 Å². The Morgan fingerprint density at radius 3 is 2.89 bits per heavy atom. The lowest BCUT2D eigenvalue weighted by molar-refractivity contribution is 0.0301. The summed E-state index contributed by atoms with van der Waals surface area (Å²) in [5.74, 6) is 0.935. The molecule has 18 heavy (non-hydrogen) atoms. The first kappa shape index (κ1) is 10.8. The van der Waals surface area contributed by atoms with Crippen LogP contribution in [0.3, 0.4) is 0 Å². The molecule has 96 valence electrons. The van der Waals surface area contributed by atoms with Gasteiger partial charge in [0.05, 0.1) is 24.5 Å². The maximum absolute atomic E-state index is 9.59. The number of imidazole rings is 1. The molecule has 2 atom stereocenters. The lowest BCUT2D eigenvalue weighted by Gasteiger charge is -2.32. The first-order valence-electron chi connectivity index (χ1n) is 6.31. The van der Waals surface area contributed by atoms with Gasteiger partial charge >= 0.3 is 0 Å². The van der Waals surface area contributed by atoms with E-state index in [1.54, 1.807) is 11.3 Å². The van der Waals surface area contributed by atoms with Crippen LogP contribution in [0.2, 0.25) is 0 Å². The van der Waals surface area contributed by atoms with Gasteiger partial charge in [0.15, 0.2) is 10.8 Å². The third-order valence-corrected chi connectivity index (χ3v) is 4.59. The lowest BCUT2D eigenvalue weighted by atomic mass is 10.2. The van der Waals surface area contributed by atoms with E-state index in [0.29, 0.717) is 12.2 Å². The minimum atomic E-state index is 0.0277. The Labute approximate surface area is 109 Å². The number of hydrogen-bond acceptors (Lipinski definition) is 5. The fourth-order valence-corrected chi connectivity index (χ4v) is 3.74. The highest BCUT2D eigenvalue weighted by Crippen LogP contribution is 2.32. The van der Waals surface area contributed by atoms with Crippen molar-refractivity contribution in [1.82, 2.24) is 9.38 Å². The normalized spacial score (nSPS) is 27.3. The third-order valence-electron chi connectivity index (χ3n) is 3.83. The average molecular weight is 265 g/mol. The van der Waals surface area contributed by atoms with Crippen molar-refractivity contribution in [3.8, 4) is 0 Å².